The Kier molecular flexibility index (Phi) is 37.9. The van der Waals surface area contributed by atoms with E-state index < -0.39 is 124 Å². The minimum Gasteiger partial charge on any atom is -0.394 e. The van der Waals surface area contributed by atoms with Gasteiger partial charge in [0.05, 0.1) is 38.6 Å². The monoisotopic (exact) mass is 1100 g/mol. The van der Waals surface area contributed by atoms with Gasteiger partial charge in [0.2, 0.25) is 5.91 Å². The van der Waals surface area contributed by atoms with Gasteiger partial charge in [-0.15, -0.1) is 0 Å². The molecule has 76 heavy (non-hydrogen) atoms. The third kappa shape index (κ3) is 25.7. The summed E-state index contributed by atoms with van der Waals surface area (Å²) in [7, 11) is 0. The third-order valence-electron chi connectivity index (χ3n) is 15.7. The van der Waals surface area contributed by atoms with Crippen LogP contribution in [0.15, 0.2) is 0 Å². The molecule has 0 aromatic heterocycles. The molecule has 0 aliphatic carbocycles. The van der Waals surface area contributed by atoms with E-state index in [0.29, 0.717) is 12.8 Å². The summed E-state index contributed by atoms with van der Waals surface area (Å²) in [6, 6.07) is -0.879. The normalized spacial score (nSPS) is 30.9. The van der Waals surface area contributed by atoms with Gasteiger partial charge in [0.15, 0.2) is 18.9 Å². The largest absolute Gasteiger partial charge is 0.394 e. The summed E-state index contributed by atoms with van der Waals surface area (Å²) in [6.45, 7) is 1.78. The fraction of sp³-hybridized carbons (Fsp3) is 0.982. The molecule has 17 atom stereocenters. The van der Waals surface area contributed by atoms with Gasteiger partial charge in [-0.3, -0.25) is 4.79 Å². The second-order valence-corrected chi connectivity index (χ2v) is 22.2. The van der Waals surface area contributed by atoms with Crippen LogP contribution >= 0.6 is 0 Å². The highest BCUT2D eigenvalue weighted by Gasteiger charge is 2.53. The molecule has 17 unspecified atom stereocenters. The first-order valence-electron chi connectivity index (χ1n) is 30.3. The van der Waals surface area contributed by atoms with E-state index in [9.17, 15) is 61.0 Å². The molecule has 3 heterocycles. The highest BCUT2D eigenvalue weighted by molar-refractivity contribution is 5.76. The molecule has 0 radical (unpaired) electrons. The number of hydrogen-bond acceptors (Lipinski definition) is 18. The van der Waals surface area contributed by atoms with Crippen LogP contribution in [0, 0.1) is 0 Å². The lowest BCUT2D eigenvalue weighted by atomic mass is 9.96. The van der Waals surface area contributed by atoms with Crippen LogP contribution in [-0.2, 0) is 33.2 Å². The Hall–Kier alpha value is -1.21. The molecular formula is C57H109NO18. The van der Waals surface area contributed by atoms with Crippen LogP contribution in [0.1, 0.15) is 226 Å². The van der Waals surface area contributed by atoms with Crippen LogP contribution in [0.25, 0.3) is 0 Å². The zero-order valence-electron chi connectivity index (χ0n) is 46.8. The van der Waals surface area contributed by atoms with Crippen molar-refractivity contribution in [2.45, 2.75) is 330 Å². The molecule has 12 N–H and O–H groups in total. The summed E-state index contributed by atoms with van der Waals surface area (Å²) < 4.78 is 34.3. The molecule has 0 bridgehead atoms. The maximum atomic E-state index is 13.3. The molecule has 0 aromatic carbocycles. The van der Waals surface area contributed by atoms with Gasteiger partial charge < -0.3 is 89.9 Å². The average molecular weight is 1100 g/mol. The number of carbonyl (C=O) groups is 1. The number of hydrogen-bond donors (Lipinski definition) is 12. The van der Waals surface area contributed by atoms with Crippen molar-refractivity contribution in [3.05, 3.63) is 0 Å². The van der Waals surface area contributed by atoms with Gasteiger partial charge in [-0.2, -0.15) is 0 Å². The number of unbranched alkanes of at least 4 members (excludes halogenated alkanes) is 29. The molecule has 3 aliphatic rings. The van der Waals surface area contributed by atoms with E-state index in [1.54, 1.807) is 0 Å². The minimum atomic E-state index is -1.97. The Labute approximate surface area is 455 Å². The quantitative estimate of drug-likeness (QED) is 0.0348. The van der Waals surface area contributed by atoms with E-state index in [2.05, 4.69) is 19.2 Å². The Morgan fingerprint density at radius 3 is 1.14 bits per heavy atom. The summed E-state index contributed by atoms with van der Waals surface area (Å²) in [5.41, 5.74) is 0. The van der Waals surface area contributed by atoms with Crippen molar-refractivity contribution < 1.29 is 89.4 Å². The predicted octanol–water partition coefficient (Wildman–Crippen LogP) is 5.21. The summed E-state index contributed by atoms with van der Waals surface area (Å²) in [6.07, 6.45) is 12.0. The standard InChI is InChI=1S/C57H109NO18/c1-3-5-7-9-11-13-15-16-17-18-19-20-21-22-23-24-25-26-28-30-32-34-41(62)40(58-45(63)35-33-31-29-27-14-12-10-8-6-4-2)39-71-55-51(69)48(66)53(43(37-60)73-55)76-57-52(70)49(67)54(44(38-61)74-57)75-56-50(68)47(65)46(64)42(36-59)72-56/h40-44,46-57,59-62,64-70H,3-39H2,1-2H3,(H,58,63). The summed E-state index contributed by atoms with van der Waals surface area (Å²) in [4.78, 5) is 13.3. The number of nitrogens with one attached hydrogen (secondary N) is 1. The number of ether oxygens (including phenoxy) is 6. The van der Waals surface area contributed by atoms with Gasteiger partial charge in [-0.1, -0.05) is 206 Å². The topological polar surface area (TPSA) is 307 Å². The average Bonchev–Trinajstić information content (AvgIpc) is 3.42. The van der Waals surface area contributed by atoms with Crippen molar-refractivity contribution in [2.75, 3.05) is 26.4 Å². The highest BCUT2D eigenvalue weighted by Crippen LogP contribution is 2.33. The maximum Gasteiger partial charge on any atom is 0.220 e. The van der Waals surface area contributed by atoms with E-state index in [4.69, 9.17) is 28.4 Å². The number of aliphatic hydroxyl groups excluding tert-OH is 11. The van der Waals surface area contributed by atoms with E-state index in [0.717, 1.165) is 44.9 Å². The van der Waals surface area contributed by atoms with Gasteiger partial charge in [-0.05, 0) is 12.8 Å². The molecule has 0 spiro atoms. The zero-order valence-corrected chi connectivity index (χ0v) is 46.8. The molecule has 3 rings (SSSR count). The lowest BCUT2D eigenvalue weighted by Gasteiger charge is -2.48. The van der Waals surface area contributed by atoms with Crippen molar-refractivity contribution >= 4 is 5.91 Å². The summed E-state index contributed by atoms with van der Waals surface area (Å²) >= 11 is 0. The first-order valence-corrected chi connectivity index (χ1v) is 30.3. The second kappa shape index (κ2) is 41.7. The molecule has 0 saturated carbocycles. The molecule has 19 heteroatoms. The van der Waals surface area contributed by atoms with Crippen molar-refractivity contribution in [2.24, 2.45) is 0 Å². The maximum absolute atomic E-state index is 13.3. The molecule has 1 amide bonds. The van der Waals surface area contributed by atoms with Gasteiger partial charge in [-0.25, -0.2) is 0 Å². The van der Waals surface area contributed by atoms with E-state index in [1.807, 2.05) is 0 Å². The van der Waals surface area contributed by atoms with Crippen molar-refractivity contribution in [3.63, 3.8) is 0 Å². The Morgan fingerprint density at radius 2 is 0.750 bits per heavy atom. The molecule has 3 saturated heterocycles. The first kappa shape index (κ1) is 69.1. The Balaban J connectivity index is 1.46. The Morgan fingerprint density at radius 1 is 0.421 bits per heavy atom. The van der Waals surface area contributed by atoms with Gasteiger partial charge >= 0.3 is 0 Å². The van der Waals surface area contributed by atoms with Crippen molar-refractivity contribution in [3.8, 4) is 0 Å². The van der Waals surface area contributed by atoms with Gasteiger partial charge in [0.1, 0.15) is 73.2 Å². The van der Waals surface area contributed by atoms with Gasteiger partial charge in [0, 0.05) is 6.42 Å². The molecule has 0 aromatic rings. The smallest absolute Gasteiger partial charge is 0.220 e. The predicted molar refractivity (Wildman–Crippen MR) is 287 cm³/mol. The lowest BCUT2D eigenvalue weighted by molar-refractivity contribution is -0.379. The van der Waals surface area contributed by atoms with Crippen LogP contribution in [-0.4, -0.2) is 193 Å². The minimum absolute atomic E-state index is 0.242. The van der Waals surface area contributed by atoms with E-state index in [-0.39, 0.29) is 18.9 Å². The summed E-state index contributed by atoms with van der Waals surface area (Å²) in [5.74, 6) is -0.242. The fourth-order valence-corrected chi connectivity index (χ4v) is 10.7. The number of rotatable bonds is 45. The summed E-state index contributed by atoms with van der Waals surface area (Å²) in [5, 5.41) is 120. The number of aliphatic hydroxyl groups is 11. The van der Waals surface area contributed by atoms with E-state index >= 15 is 0 Å². The number of carbonyl (C=O) groups excluding carboxylic acids is 1. The van der Waals surface area contributed by atoms with Crippen LogP contribution in [0.5, 0.6) is 0 Å². The fourth-order valence-electron chi connectivity index (χ4n) is 10.7. The zero-order chi connectivity index (χ0) is 55.5. The van der Waals surface area contributed by atoms with Crippen molar-refractivity contribution in [1.82, 2.24) is 5.32 Å². The van der Waals surface area contributed by atoms with Crippen LogP contribution in [0.2, 0.25) is 0 Å². The third-order valence-corrected chi connectivity index (χ3v) is 15.7. The first-order chi connectivity index (χ1) is 36.8. The highest BCUT2D eigenvalue weighted by atomic mass is 16.8. The second-order valence-electron chi connectivity index (χ2n) is 22.2. The van der Waals surface area contributed by atoms with E-state index in [1.165, 1.54) is 148 Å². The Bertz CT molecular complexity index is 1400. The van der Waals surface area contributed by atoms with Crippen LogP contribution in [0.3, 0.4) is 0 Å². The lowest BCUT2D eigenvalue weighted by Crippen LogP contribution is -2.66. The van der Waals surface area contributed by atoms with Gasteiger partial charge in [0.25, 0.3) is 0 Å². The van der Waals surface area contributed by atoms with Crippen LogP contribution in [0.4, 0.5) is 0 Å². The molecule has 3 aliphatic heterocycles. The SMILES string of the molecule is CCCCCCCCCCCCCCCCCCCCCCCC(O)C(COC1OC(CO)C(OC2OC(CO)C(OC3OC(CO)C(O)C(O)C3O)C(O)C2O)C(O)C1O)NC(=O)CCCCCCCCCCCC. The molecule has 450 valence electrons. The number of amides is 1. The molecule has 19 nitrogen and oxygen atoms in total. The van der Waals surface area contributed by atoms with Crippen LogP contribution < -0.4 is 5.32 Å². The van der Waals surface area contributed by atoms with Crippen molar-refractivity contribution in [1.29, 1.82) is 0 Å². The molecular weight excluding hydrogens is 987 g/mol. The molecule has 3 fully saturated rings.